The molecule has 1 heterocycles. The molecule has 0 aliphatic heterocycles. The molecule has 1 aromatic heterocycles. The second-order valence-corrected chi connectivity index (χ2v) is 5.06. The van der Waals surface area contributed by atoms with Crippen LogP contribution in [0.1, 0.15) is 59.2 Å². The van der Waals surface area contributed by atoms with Gasteiger partial charge in [-0.05, 0) is 33.6 Å². The Kier molecular flexibility index (Phi) is 4.87. The minimum Gasteiger partial charge on any atom is -0.368 e. The van der Waals surface area contributed by atoms with E-state index < -0.39 is 5.60 Å². The Bertz CT molecular complexity index is 362. The van der Waals surface area contributed by atoms with Gasteiger partial charge in [-0.1, -0.05) is 19.0 Å². The van der Waals surface area contributed by atoms with Crippen molar-refractivity contribution >= 4 is 0 Å². The van der Waals surface area contributed by atoms with Gasteiger partial charge in [0.05, 0.1) is 5.41 Å². The maximum atomic E-state index is 5.88. The summed E-state index contributed by atoms with van der Waals surface area (Å²) < 4.78 is 11.0. The zero-order chi connectivity index (χ0) is 13.8. The number of nitrogens with zero attached hydrogens (tertiary/aromatic N) is 2. The first-order chi connectivity index (χ1) is 8.45. The van der Waals surface area contributed by atoms with Crippen molar-refractivity contribution in [3.05, 3.63) is 11.7 Å². The average molecular weight is 255 g/mol. The van der Waals surface area contributed by atoms with Gasteiger partial charge in [0.2, 0.25) is 11.7 Å². The summed E-state index contributed by atoms with van der Waals surface area (Å²) in [6.07, 6.45) is 1.77. The first kappa shape index (κ1) is 15.1. The van der Waals surface area contributed by atoms with Gasteiger partial charge in [-0.15, -0.1) is 0 Å². The van der Waals surface area contributed by atoms with E-state index in [1.54, 1.807) is 0 Å². The molecule has 1 rings (SSSR count). The summed E-state index contributed by atoms with van der Waals surface area (Å²) in [5.41, 5.74) is 5.13. The fourth-order valence-corrected chi connectivity index (χ4v) is 2.04. The summed E-state index contributed by atoms with van der Waals surface area (Å²) in [5.74, 6) is 1.21. The summed E-state index contributed by atoms with van der Waals surface area (Å²) in [7, 11) is 0. The van der Waals surface area contributed by atoms with Crippen molar-refractivity contribution in [1.82, 2.24) is 10.1 Å². The van der Waals surface area contributed by atoms with E-state index in [-0.39, 0.29) is 5.41 Å². The molecule has 0 saturated heterocycles. The molecule has 0 atom stereocenters. The lowest BCUT2D eigenvalue weighted by Gasteiger charge is -2.25. The summed E-state index contributed by atoms with van der Waals surface area (Å²) in [6.45, 7) is 11.1. The number of rotatable bonds is 7. The van der Waals surface area contributed by atoms with Crippen LogP contribution in [0.5, 0.6) is 0 Å². The second kappa shape index (κ2) is 5.80. The lowest BCUT2D eigenvalue weighted by molar-refractivity contribution is -0.0221. The van der Waals surface area contributed by atoms with Crippen LogP contribution in [0.2, 0.25) is 0 Å². The molecule has 0 radical (unpaired) electrons. The van der Waals surface area contributed by atoms with Crippen LogP contribution in [0.15, 0.2) is 4.52 Å². The average Bonchev–Trinajstić information content (AvgIpc) is 2.83. The molecule has 0 amide bonds. The Hall–Kier alpha value is -0.940. The number of aromatic nitrogens is 2. The maximum Gasteiger partial charge on any atom is 0.234 e. The molecule has 18 heavy (non-hydrogen) atoms. The van der Waals surface area contributed by atoms with E-state index in [1.165, 1.54) is 0 Å². The minimum absolute atomic E-state index is 0.215. The van der Waals surface area contributed by atoms with Crippen LogP contribution >= 0.6 is 0 Å². The smallest absolute Gasteiger partial charge is 0.234 e. The summed E-state index contributed by atoms with van der Waals surface area (Å²) >= 11 is 0. The molecule has 0 saturated carbocycles. The Labute approximate surface area is 109 Å². The van der Waals surface area contributed by atoms with Crippen LogP contribution in [0.25, 0.3) is 0 Å². The third-order valence-electron chi connectivity index (χ3n) is 3.67. The Balaban J connectivity index is 3.05. The molecule has 2 N–H and O–H groups in total. The zero-order valence-electron chi connectivity index (χ0n) is 12.1. The Morgan fingerprint density at radius 3 is 2.28 bits per heavy atom. The first-order valence-corrected chi connectivity index (χ1v) is 6.64. The number of ether oxygens (including phenoxy) is 1. The molecular weight excluding hydrogens is 230 g/mol. The van der Waals surface area contributed by atoms with Gasteiger partial charge >= 0.3 is 0 Å². The van der Waals surface area contributed by atoms with Crippen LogP contribution in [0, 0.1) is 0 Å². The molecular formula is C13H25N3O2. The van der Waals surface area contributed by atoms with E-state index in [4.69, 9.17) is 15.0 Å². The van der Waals surface area contributed by atoms with Crippen molar-refractivity contribution < 1.29 is 9.26 Å². The van der Waals surface area contributed by atoms with E-state index in [9.17, 15) is 0 Å². The molecule has 0 aromatic carbocycles. The lowest BCUT2D eigenvalue weighted by Crippen LogP contribution is -2.34. The third kappa shape index (κ3) is 2.72. The van der Waals surface area contributed by atoms with Crippen molar-refractivity contribution in [2.45, 2.75) is 58.5 Å². The highest BCUT2D eigenvalue weighted by Gasteiger charge is 2.36. The van der Waals surface area contributed by atoms with Crippen molar-refractivity contribution in [3.8, 4) is 0 Å². The Morgan fingerprint density at radius 1 is 1.22 bits per heavy atom. The van der Waals surface area contributed by atoms with Gasteiger partial charge in [-0.3, -0.25) is 0 Å². The summed E-state index contributed by atoms with van der Waals surface area (Å²) in [4.78, 5) is 4.50. The number of nitrogens with two attached hydrogens (primary N) is 1. The summed E-state index contributed by atoms with van der Waals surface area (Å²) in [5, 5.41) is 4.05. The van der Waals surface area contributed by atoms with Crippen LogP contribution in [-0.4, -0.2) is 23.3 Å². The van der Waals surface area contributed by atoms with Crippen LogP contribution in [-0.2, 0) is 15.8 Å². The highest BCUT2D eigenvalue weighted by atomic mass is 16.5. The van der Waals surface area contributed by atoms with Gasteiger partial charge in [-0.2, -0.15) is 4.98 Å². The molecule has 0 spiro atoms. The molecule has 1 aromatic rings. The first-order valence-electron chi connectivity index (χ1n) is 6.64. The van der Waals surface area contributed by atoms with Crippen molar-refractivity contribution in [3.63, 3.8) is 0 Å². The minimum atomic E-state index is -0.529. The van der Waals surface area contributed by atoms with Gasteiger partial charge in [-0.25, -0.2) is 0 Å². The molecule has 5 nitrogen and oxygen atoms in total. The quantitative estimate of drug-likeness (QED) is 0.809. The van der Waals surface area contributed by atoms with E-state index in [2.05, 4.69) is 24.0 Å². The van der Waals surface area contributed by atoms with Gasteiger partial charge in [0.1, 0.15) is 5.60 Å². The molecule has 0 aliphatic carbocycles. The predicted octanol–water partition coefficient (Wildman–Crippen LogP) is 2.36. The normalized spacial score (nSPS) is 13.0. The Morgan fingerprint density at radius 2 is 1.83 bits per heavy atom. The molecule has 104 valence electrons. The molecule has 0 aliphatic rings. The highest BCUT2D eigenvalue weighted by molar-refractivity contribution is 5.08. The lowest BCUT2D eigenvalue weighted by atomic mass is 9.82. The van der Waals surface area contributed by atoms with E-state index in [0.29, 0.717) is 24.9 Å². The molecule has 5 heteroatoms. The van der Waals surface area contributed by atoms with Crippen LogP contribution < -0.4 is 5.73 Å². The predicted molar refractivity (Wildman–Crippen MR) is 70.3 cm³/mol. The van der Waals surface area contributed by atoms with Crippen LogP contribution in [0.3, 0.4) is 0 Å². The van der Waals surface area contributed by atoms with Crippen LogP contribution in [0.4, 0.5) is 0 Å². The molecule has 0 bridgehead atoms. The largest absolute Gasteiger partial charge is 0.368 e. The standard InChI is InChI=1S/C13H25N3O2/c1-6-13(7-2,9-14)11-15-10(16-18-11)12(4,5)17-8-3/h6-9,14H2,1-5H3. The maximum absolute atomic E-state index is 5.88. The second-order valence-electron chi connectivity index (χ2n) is 5.06. The topological polar surface area (TPSA) is 74.2 Å². The zero-order valence-corrected chi connectivity index (χ0v) is 12.1. The van der Waals surface area contributed by atoms with Gasteiger partial charge in [0, 0.05) is 13.2 Å². The fourth-order valence-electron chi connectivity index (χ4n) is 2.04. The SMILES string of the molecule is CCOC(C)(C)c1noc(C(CC)(CC)CN)n1. The number of hydrogen-bond donors (Lipinski definition) is 1. The monoisotopic (exact) mass is 255 g/mol. The number of hydrogen-bond acceptors (Lipinski definition) is 5. The van der Waals surface area contributed by atoms with Gasteiger partial charge < -0.3 is 15.0 Å². The molecule has 0 fully saturated rings. The fraction of sp³-hybridized carbons (Fsp3) is 0.846. The molecule has 0 unspecified atom stereocenters. The van der Waals surface area contributed by atoms with E-state index in [1.807, 2.05) is 20.8 Å². The van der Waals surface area contributed by atoms with E-state index in [0.717, 1.165) is 12.8 Å². The van der Waals surface area contributed by atoms with Gasteiger partial charge in [0.15, 0.2) is 0 Å². The van der Waals surface area contributed by atoms with Crippen molar-refractivity contribution in [2.75, 3.05) is 13.2 Å². The highest BCUT2D eigenvalue weighted by Crippen LogP contribution is 2.31. The third-order valence-corrected chi connectivity index (χ3v) is 3.67. The van der Waals surface area contributed by atoms with Crippen molar-refractivity contribution in [2.24, 2.45) is 5.73 Å². The van der Waals surface area contributed by atoms with Gasteiger partial charge in [0.25, 0.3) is 0 Å². The summed E-state index contributed by atoms with van der Waals surface area (Å²) in [6, 6.07) is 0. The van der Waals surface area contributed by atoms with Crippen molar-refractivity contribution in [1.29, 1.82) is 0 Å². The van der Waals surface area contributed by atoms with E-state index >= 15 is 0 Å².